The molecule has 0 fully saturated rings. The second-order valence-electron chi connectivity index (χ2n) is 5.00. The summed E-state index contributed by atoms with van der Waals surface area (Å²) in [4.78, 5) is 6.51. The molecule has 0 aliphatic heterocycles. The van der Waals surface area contributed by atoms with Crippen LogP contribution in [0, 0.1) is 0 Å². The summed E-state index contributed by atoms with van der Waals surface area (Å²) in [6, 6.07) is 12.4. The first kappa shape index (κ1) is 15.0. The number of nitrogens with zero attached hydrogens (tertiary/aromatic N) is 2. The van der Waals surface area contributed by atoms with Crippen LogP contribution in [0.1, 0.15) is 29.8 Å². The number of rotatable bonds is 5. The highest BCUT2D eigenvalue weighted by Gasteiger charge is 2.12. The molecule has 0 amide bonds. The number of hydrogen-bond donors (Lipinski definition) is 1. The molecular formula is C16H20ClN3. The molecule has 106 valence electrons. The van der Waals surface area contributed by atoms with E-state index in [4.69, 9.17) is 17.3 Å². The lowest BCUT2D eigenvalue weighted by molar-refractivity contribution is 0.253. The zero-order chi connectivity index (χ0) is 14.5. The maximum Gasteiger partial charge on any atom is 0.0542 e. The SMILES string of the molecule is CC(c1ccc(Cl)cc1)N(C)Cc1ccnc(CN)c1. The summed E-state index contributed by atoms with van der Waals surface area (Å²) in [6.45, 7) is 3.53. The van der Waals surface area contributed by atoms with Crippen LogP contribution in [-0.4, -0.2) is 16.9 Å². The zero-order valence-corrected chi connectivity index (χ0v) is 12.6. The minimum atomic E-state index is 0.321. The molecule has 1 unspecified atom stereocenters. The van der Waals surface area contributed by atoms with Gasteiger partial charge in [0.1, 0.15) is 0 Å². The third kappa shape index (κ3) is 3.79. The summed E-state index contributed by atoms with van der Waals surface area (Å²) in [7, 11) is 2.11. The van der Waals surface area contributed by atoms with E-state index in [0.717, 1.165) is 17.3 Å². The van der Waals surface area contributed by atoms with Crippen molar-refractivity contribution in [2.24, 2.45) is 5.73 Å². The fourth-order valence-electron chi connectivity index (χ4n) is 2.16. The maximum absolute atomic E-state index is 5.93. The van der Waals surface area contributed by atoms with Crippen LogP contribution in [0.3, 0.4) is 0 Å². The Hall–Kier alpha value is -1.42. The van der Waals surface area contributed by atoms with Crippen LogP contribution in [0.15, 0.2) is 42.6 Å². The Morgan fingerprint density at radius 3 is 2.60 bits per heavy atom. The molecule has 0 aliphatic rings. The van der Waals surface area contributed by atoms with Gasteiger partial charge in [0.15, 0.2) is 0 Å². The Balaban J connectivity index is 2.06. The first-order chi connectivity index (χ1) is 9.60. The second kappa shape index (κ2) is 6.84. The van der Waals surface area contributed by atoms with Crippen LogP contribution in [0.2, 0.25) is 5.02 Å². The number of halogens is 1. The van der Waals surface area contributed by atoms with Crippen molar-refractivity contribution in [2.45, 2.75) is 26.1 Å². The smallest absolute Gasteiger partial charge is 0.0542 e. The topological polar surface area (TPSA) is 42.2 Å². The van der Waals surface area contributed by atoms with Crippen LogP contribution in [0.25, 0.3) is 0 Å². The van der Waals surface area contributed by atoms with E-state index in [1.54, 1.807) is 0 Å². The van der Waals surface area contributed by atoms with Gasteiger partial charge >= 0.3 is 0 Å². The normalized spacial score (nSPS) is 12.7. The Morgan fingerprint density at radius 2 is 1.95 bits per heavy atom. The third-order valence-electron chi connectivity index (χ3n) is 3.54. The highest BCUT2D eigenvalue weighted by Crippen LogP contribution is 2.22. The molecule has 0 spiro atoms. The van der Waals surface area contributed by atoms with Gasteiger partial charge in [-0.15, -0.1) is 0 Å². The van der Waals surface area contributed by atoms with Crippen molar-refractivity contribution in [3.63, 3.8) is 0 Å². The van der Waals surface area contributed by atoms with Crippen molar-refractivity contribution in [2.75, 3.05) is 7.05 Å². The van der Waals surface area contributed by atoms with Gasteiger partial charge in [0.05, 0.1) is 5.69 Å². The van der Waals surface area contributed by atoms with Crippen LogP contribution in [-0.2, 0) is 13.1 Å². The van der Waals surface area contributed by atoms with E-state index in [1.807, 2.05) is 24.4 Å². The molecule has 2 N–H and O–H groups in total. The molecular weight excluding hydrogens is 270 g/mol. The Labute approximate surface area is 125 Å². The minimum absolute atomic E-state index is 0.321. The Bertz CT molecular complexity index is 554. The van der Waals surface area contributed by atoms with Gasteiger partial charge in [0.2, 0.25) is 0 Å². The van der Waals surface area contributed by atoms with Crippen molar-refractivity contribution in [1.29, 1.82) is 0 Å². The molecule has 0 aliphatic carbocycles. The first-order valence-corrected chi connectivity index (χ1v) is 7.07. The third-order valence-corrected chi connectivity index (χ3v) is 3.79. The number of pyridine rings is 1. The summed E-state index contributed by atoms with van der Waals surface area (Å²) in [5.74, 6) is 0. The van der Waals surface area contributed by atoms with Crippen molar-refractivity contribution in [1.82, 2.24) is 9.88 Å². The van der Waals surface area contributed by atoms with E-state index in [0.29, 0.717) is 12.6 Å². The molecule has 1 heterocycles. The predicted molar refractivity (Wildman–Crippen MR) is 83.5 cm³/mol. The summed E-state index contributed by atoms with van der Waals surface area (Å²) >= 11 is 5.93. The summed E-state index contributed by atoms with van der Waals surface area (Å²) in [5, 5.41) is 0.769. The lowest BCUT2D eigenvalue weighted by Crippen LogP contribution is -2.22. The van der Waals surface area contributed by atoms with E-state index in [2.05, 4.69) is 42.1 Å². The number of aromatic nitrogens is 1. The maximum atomic E-state index is 5.93. The van der Waals surface area contributed by atoms with Gasteiger partial charge in [0, 0.05) is 30.4 Å². The van der Waals surface area contributed by atoms with E-state index in [9.17, 15) is 0 Å². The minimum Gasteiger partial charge on any atom is -0.325 e. The zero-order valence-electron chi connectivity index (χ0n) is 11.9. The fourth-order valence-corrected chi connectivity index (χ4v) is 2.28. The first-order valence-electron chi connectivity index (χ1n) is 6.69. The van der Waals surface area contributed by atoms with Gasteiger partial charge in [-0.1, -0.05) is 23.7 Å². The molecule has 0 saturated heterocycles. The monoisotopic (exact) mass is 289 g/mol. The average molecular weight is 290 g/mol. The molecule has 1 aromatic carbocycles. The van der Waals surface area contributed by atoms with Crippen molar-refractivity contribution in [3.05, 3.63) is 64.4 Å². The summed E-state index contributed by atoms with van der Waals surface area (Å²) in [6.07, 6.45) is 1.82. The molecule has 1 aromatic heterocycles. The van der Waals surface area contributed by atoms with Gasteiger partial charge in [0.25, 0.3) is 0 Å². The van der Waals surface area contributed by atoms with Crippen molar-refractivity contribution >= 4 is 11.6 Å². The quantitative estimate of drug-likeness (QED) is 0.917. The van der Waals surface area contributed by atoms with E-state index in [1.165, 1.54) is 11.1 Å². The Kier molecular flexibility index (Phi) is 5.12. The number of nitrogens with two attached hydrogens (primary N) is 1. The van der Waals surface area contributed by atoms with Crippen molar-refractivity contribution < 1.29 is 0 Å². The predicted octanol–water partition coefficient (Wildman–Crippen LogP) is 3.39. The highest BCUT2D eigenvalue weighted by molar-refractivity contribution is 6.30. The highest BCUT2D eigenvalue weighted by atomic mass is 35.5. The lowest BCUT2D eigenvalue weighted by atomic mass is 10.1. The van der Waals surface area contributed by atoms with Gasteiger partial charge in [-0.05, 0) is 49.4 Å². The molecule has 1 atom stereocenters. The molecule has 3 nitrogen and oxygen atoms in total. The van der Waals surface area contributed by atoms with E-state index >= 15 is 0 Å². The molecule has 0 radical (unpaired) electrons. The lowest BCUT2D eigenvalue weighted by Gasteiger charge is -2.25. The van der Waals surface area contributed by atoms with Gasteiger partial charge in [-0.3, -0.25) is 9.88 Å². The fraction of sp³-hybridized carbons (Fsp3) is 0.312. The largest absolute Gasteiger partial charge is 0.325 e. The van der Waals surface area contributed by atoms with Crippen LogP contribution in [0.5, 0.6) is 0 Å². The standard InChI is InChI=1S/C16H20ClN3/c1-12(14-3-5-15(17)6-4-14)20(2)11-13-7-8-19-16(9-13)10-18/h3-9,12H,10-11,18H2,1-2H3. The van der Waals surface area contributed by atoms with Gasteiger partial charge in [-0.25, -0.2) is 0 Å². The molecule has 2 aromatic rings. The van der Waals surface area contributed by atoms with Gasteiger partial charge < -0.3 is 5.73 Å². The molecule has 20 heavy (non-hydrogen) atoms. The van der Waals surface area contributed by atoms with E-state index < -0.39 is 0 Å². The molecule has 0 saturated carbocycles. The van der Waals surface area contributed by atoms with E-state index in [-0.39, 0.29) is 0 Å². The second-order valence-corrected chi connectivity index (χ2v) is 5.44. The average Bonchev–Trinajstić information content (AvgIpc) is 2.47. The molecule has 0 bridgehead atoms. The number of benzene rings is 1. The van der Waals surface area contributed by atoms with Gasteiger partial charge in [-0.2, -0.15) is 0 Å². The van der Waals surface area contributed by atoms with Crippen LogP contribution >= 0.6 is 11.6 Å². The summed E-state index contributed by atoms with van der Waals surface area (Å²) in [5.41, 5.74) is 9.03. The molecule has 4 heteroatoms. The Morgan fingerprint density at radius 1 is 1.25 bits per heavy atom. The number of hydrogen-bond acceptors (Lipinski definition) is 3. The van der Waals surface area contributed by atoms with Crippen molar-refractivity contribution in [3.8, 4) is 0 Å². The van der Waals surface area contributed by atoms with Crippen LogP contribution in [0.4, 0.5) is 0 Å². The molecule has 2 rings (SSSR count). The summed E-state index contributed by atoms with van der Waals surface area (Å²) < 4.78 is 0. The van der Waals surface area contributed by atoms with Crippen LogP contribution < -0.4 is 5.73 Å².